The van der Waals surface area contributed by atoms with Gasteiger partial charge in [0.2, 0.25) is 0 Å². The molecule has 4 heteroatoms. The Hall–Kier alpha value is -2.17. The number of ether oxygens (including phenoxy) is 1. The standard InChI is InChI=1S/C28H38O3Si/c1-5-6-7-10-15-23-20-21-27(29)31-26(23)22-30-32(28(2,3)4,24-16-11-8-12-17-24)25-18-13-9-14-19-25/h8-9,11-14,16-21,23,26H,5-7,10,15,22H2,1-4H3/t23-,26+/m0/s1. The topological polar surface area (TPSA) is 35.5 Å². The molecule has 0 aromatic heterocycles. The van der Waals surface area contributed by atoms with Crippen LogP contribution in [0.25, 0.3) is 0 Å². The van der Waals surface area contributed by atoms with E-state index in [4.69, 9.17) is 9.16 Å². The van der Waals surface area contributed by atoms with Crippen LogP contribution in [0.4, 0.5) is 0 Å². The molecule has 0 N–H and O–H groups in total. The third-order valence-corrected chi connectivity index (χ3v) is 11.5. The van der Waals surface area contributed by atoms with Crippen LogP contribution < -0.4 is 10.4 Å². The molecule has 0 radical (unpaired) electrons. The van der Waals surface area contributed by atoms with Gasteiger partial charge < -0.3 is 9.16 Å². The van der Waals surface area contributed by atoms with E-state index < -0.39 is 8.32 Å². The van der Waals surface area contributed by atoms with E-state index in [1.54, 1.807) is 6.08 Å². The second-order valence-corrected chi connectivity index (χ2v) is 14.1. The summed E-state index contributed by atoms with van der Waals surface area (Å²) in [5.74, 6) is -0.0476. The van der Waals surface area contributed by atoms with Gasteiger partial charge in [0.15, 0.2) is 0 Å². The molecule has 0 saturated heterocycles. The lowest BCUT2D eigenvalue weighted by molar-refractivity contribution is -0.148. The smallest absolute Gasteiger partial charge is 0.330 e. The quantitative estimate of drug-likeness (QED) is 0.267. The van der Waals surface area contributed by atoms with E-state index in [0.29, 0.717) is 6.61 Å². The van der Waals surface area contributed by atoms with Crippen molar-refractivity contribution in [2.24, 2.45) is 5.92 Å². The maximum Gasteiger partial charge on any atom is 0.330 e. The number of hydrogen-bond acceptors (Lipinski definition) is 3. The van der Waals surface area contributed by atoms with Gasteiger partial charge in [-0.1, -0.05) is 120 Å². The molecule has 2 aromatic rings. The summed E-state index contributed by atoms with van der Waals surface area (Å²) in [6.07, 6.45) is 9.25. The van der Waals surface area contributed by atoms with E-state index in [1.807, 2.05) is 6.08 Å². The van der Waals surface area contributed by atoms with Crippen molar-refractivity contribution in [3.05, 3.63) is 72.8 Å². The second-order valence-electron chi connectivity index (χ2n) is 9.82. The fourth-order valence-electron chi connectivity index (χ4n) is 4.82. The van der Waals surface area contributed by atoms with Gasteiger partial charge in [0.25, 0.3) is 8.32 Å². The van der Waals surface area contributed by atoms with E-state index in [0.717, 1.165) is 12.8 Å². The summed E-state index contributed by atoms with van der Waals surface area (Å²) < 4.78 is 12.8. The predicted molar refractivity (Wildman–Crippen MR) is 135 cm³/mol. The van der Waals surface area contributed by atoms with Crippen molar-refractivity contribution in [3.8, 4) is 0 Å². The van der Waals surface area contributed by atoms with E-state index in [1.165, 1.54) is 29.6 Å². The van der Waals surface area contributed by atoms with Crippen LogP contribution in [0, 0.1) is 5.92 Å². The molecule has 172 valence electrons. The van der Waals surface area contributed by atoms with Crippen molar-refractivity contribution in [2.45, 2.75) is 70.9 Å². The molecule has 2 atom stereocenters. The Morgan fingerprint density at radius 3 is 2.03 bits per heavy atom. The zero-order chi connectivity index (χ0) is 23.0. The van der Waals surface area contributed by atoms with Gasteiger partial charge in [-0.25, -0.2) is 4.79 Å². The van der Waals surface area contributed by atoms with Crippen molar-refractivity contribution >= 4 is 24.7 Å². The first-order valence-corrected chi connectivity index (χ1v) is 13.9. The molecule has 0 spiro atoms. The Balaban J connectivity index is 1.91. The van der Waals surface area contributed by atoms with Crippen LogP contribution in [0.15, 0.2) is 72.8 Å². The van der Waals surface area contributed by atoms with Gasteiger partial charge >= 0.3 is 5.97 Å². The molecule has 0 fully saturated rings. The van der Waals surface area contributed by atoms with Crippen LogP contribution in [0.5, 0.6) is 0 Å². The monoisotopic (exact) mass is 450 g/mol. The summed E-state index contributed by atoms with van der Waals surface area (Å²) in [5.41, 5.74) is 0. The molecule has 1 aliphatic rings. The first-order valence-electron chi connectivity index (χ1n) is 12.0. The van der Waals surface area contributed by atoms with Crippen molar-refractivity contribution in [1.29, 1.82) is 0 Å². The van der Waals surface area contributed by atoms with Crippen LogP contribution in [0.1, 0.15) is 59.8 Å². The molecule has 32 heavy (non-hydrogen) atoms. The SMILES string of the molecule is CCCCCC[C@H]1C=CC(=O)O[C@@H]1CO[Si](c1ccccc1)(c1ccccc1)C(C)(C)C. The van der Waals surface area contributed by atoms with Crippen LogP contribution in [0.2, 0.25) is 5.04 Å². The van der Waals surface area contributed by atoms with Crippen molar-refractivity contribution < 1.29 is 14.0 Å². The number of carbonyl (C=O) groups excluding carboxylic acids is 1. The Bertz CT molecular complexity index is 831. The average molecular weight is 451 g/mol. The summed E-state index contributed by atoms with van der Waals surface area (Å²) in [4.78, 5) is 12.1. The average Bonchev–Trinajstić information content (AvgIpc) is 2.79. The molecule has 3 rings (SSSR count). The van der Waals surface area contributed by atoms with Gasteiger partial charge in [-0.2, -0.15) is 0 Å². The van der Waals surface area contributed by atoms with Crippen molar-refractivity contribution in [2.75, 3.05) is 6.61 Å². The van der Waals surface area contributed by atoms with Gasteiger partial charge in [0, 0.05) is 12.0 Å². The molecular weight excluding hydrogens is 412 g/mol. The third-order valence-electron chi connectivity index (χ3n) is 6.50. The fourth-order valence-corrected chi connectivity index (χ4v) is 9.39. The van der Waals surface area contributed by atoms with E-state index in [9.17, 15) is 4.79 Å². The summed E-state index contributed by atoms with van der Waals surface area (Å²) in [6, 6.07) is 21.2. The number of carbonyl (C=O) groups is 1. The van der Waals surface area contributed by atoms with E-state index in [2.05, 4.69) is 88.4 Å². The Labute approximate surface area is 195 Å². The summed E-state index contributed by atoms with van der Waals surface area (Å²) in [6.45, 7) is 9.46. The molecule has 0 unspecified atom stereocenters. The van der Waals surface area contributed by atoms with Gasteiger partial charge in [-0.05, 0) is 21.8 Å². The van der Waals surface area contributed by atoms with E-state index in [-0.39, 0.29) is 23.0 Å². The minimum atomic E-state index is -2.64. The highest BCUT2D eigenvalue weighted by atomic mass is 28.4. The zero-order valence-electron chi connectivity index (χ0n) is 20.1. The molecule has 0 aliphatic carbocycles. The van der Waals surface area contributed by atoms with Gasteiger partial charge in [-0.3, -0.25) is 0 Å². The fraction of sp³-hybridized carbons (Fsp3) is 0.464. The van der Waals surface area contributed by atoms with Crippen molar-refractivity contribution in [1.82, 2.24) is 0 Å². The van der Waals surface area contributed by atoms with Gasteiger partial charge in [0.1, 0.15) is 6.10 Å². The lowest BCUT2D eigenvalue weighted by Gasteiger charge is -2.44. The van der Waals surface area contributed by atoms with Crippen LogP contribution >= 0.6 is 0 Å². The summed E-state index contributed by atoms with van der Waals surface area (Å²) >= 11 is 0. The van der Waals surface area contributed by atoms with Gasteiger partial charge in [0.05, 0.1) is 6.61 Å². The molecule has 0 bridgehead atoms. The second kappa shape index (κ2) is 11.1. The molecule has 0 saturated carbocycles. The Morgan fingerprint density at radius 2 is 1.50 bits per heavy atom. The molecule has 1 aliphatic heterocycles. The number of benzene rings is 2. The zero-order valence-corrected chi connectivity index (χ0v) is 21.1. The minimum absolute atomic E-state index is 0.0964. The normalized spacial score (nSPS) is 19.1. The highest BCUT2D eigenvalue weighted by Gasteiger charge is 2.50. The summed E-state index contributed by atoms with van der Waals surface area (Å²) in [5, 5.41) is 2.40. The maximum atomic E-state index is 12.1. The molecule has 3 nitrogen and oxygen atoms in total. The first kappa shape index (κ1) is 24.5. The first-order chi connectivity index (χ1) is 15.4. The van der Waals surface area contributed by atoms with Crippen LogP contribution in [-0.4, -0.2) is 27.0 Å². The van der Waals surface area contributed by atoms with E-state index >= 15 is 0 Å². The van der Waals surface area contributed by atoms with Gasteiger partial charge in [-0.15, -0.1) is 0 Å². The molecule has 1 heterocycles. The highest BCUT2D eigenvalue weighted by Crippen LogP contribution is 2.37. The van der Waals surface area contributed by atoms with Crippen molar-refractivity contribution in [3.63, 3.8) is 0 Å². The molecular formula is C28H38O3Si. The molecule has 0 amide bonds. The minimum Gasteiger partial charge on any atom is -0.456 e. The summed E-state index contributed by atoms with van der Waals surface area (Å²) in [7, 11) is -2.64. The Kier molecular flexibility index (Phi) is 8.49. The Morgan fingerprint density at radius 1 is 0.906 bits per heavy atom. The lowest BCUT2D eigenvalue weighted by atomic mass is 9.93. The maximum absolute atomic E-state index is 12.1. The number of esters is 1. The number of unbranched alkanes of at least 4 members (excludes halogenated alkanes) is 3. The number of hydrogen-bond donors (Lipinski definition) is 0. The molecule has 2 aromatic carbocycles. The number of rotatable bonds is 10. The van der Waals surface area contributed by atoms with Crippen LogP contribution in [-0.2, 0) is 14.0 Å². The largest absolute Gasteiger partial charge is 0.456 e. The third kappa shape index (κ3) is 5.60. The van der Waals surface area contributed by atoms with Crippen LogP contribution in [0.3, 0.4) is 0 Å². The lowest BCUT2D eigenvalue weighted by Crippen LogP contribution is -2.67. The predicted octanol–water partition coefficient (Wildman–Crippen LogP) is 5.63. The number of cyclic esters (lactones) is 1. The highest BCUT2D eigenvalue weighted by molar-refractivity contribution is 6.99.